The Labute approximate surface area is 131 Å². The van der Waals surface area contributed by atoms with Crippen LogP contribution < -0.4 is 11.1 Å². The molecule has 0 amide bonds. The number of halogens is 2. The molecule has 0 aliphatic rings. The van der Waals surface area contributed by atoms with Crippen LogP contribution in [0.4, 0.5) is 0 Å². The van der Waals surface area contributed by atoms with E-state index in [9.17, 15) is 0 Å². The lowest BCUT2D eigenvalue weighted by Gasteiger charge is -2.06. The maximum absolute atomic E-state index is 5.89. The first-order valence-electron chi connectivity index (χ1n) is 5.50. The lowest BCUT2D eigenvalue weighted by atomic mass is 10.1. The van der Waals surface area contributed by atoms with Crippen molar-refractivity contribution in [2.45, 2.75) is 13.3 Å². The van der Waals surface area contributed by atoms with Crippen LogP contribution in [0.5, 0.6) is 0 Å². The van der Waals surface area contributed by atoms with Crippen molar-refractivity contribution in [3.05, 3.63) is 47.0 Å². The van der Waals surface area contributed by atoms with Gasteiger partial charge in [-0.2, -0.15) is 0 Å². The van der Waals surface area contributed by atoms with Crippen LogP contribution in [0.15, 0.2) is 41.4 Å². The van der Waals surface area contributed by atoms with Gasteiger partial charge in [-0.05, 0) is 31.0 Å². The highest BCUT2D eigenvalue weighted by molar-refractivity contribution is 14.0. The van der Waals surface area contributed by atoms with Crippen molar-refractivity contribution >= 4 is 41.5 Å². The predicted molar refractivity (Wildman–Crippen MR) is 89.9 cm³/mol. The third-order valence-corrected chi connectivity index (χ3v) is 2.36. The van der Waals surface area contributed by atoms with E-state index in [4.69, 9.17) is 17.3 Å². The molecule has 3 N–H and O–H groups in total. The maximum Gasteiger partial charge on any atom is 0.188 e. The molecule has 0 atom stereocenters. The largest absolute Gasteiger partial charge is 0.370 e. The van der Waals surface area contributed by atoms with E-state index >= 15 is 0 Å². The van der Waals surface area contributed by atoms with Crippen molar-refractivity contribution in [3.8, 4) is 0 Å². The number of rotatable bonds is 5. The lowest BCUT2D eigenvalue weighted by molar-refractivity contribution is 0.852. The summed E-state index contributed by atoms with van der Waals surface area (Å²) in [5.74, 6) is 0.454. The Hall–Kier alpha value is -0.750. The first-order chi connectivity index (χ1) is 8.08. The fourth-order valence-electron chi connectivity index (χ4n) is 1.30. The Kier molecular flexibility index (Phi) is 8.83. The van der Waals surface area contributed by atoms with Gasteiger partial charge in [0.15, 0.2) is 5.96 Å². The summed E-state index contributed by atoms with van der Waals surface area (Å²) in [4.78, 5) is 4.13. The fourth-order valence-corrected chi connectivity index (χ4v) is 1.52. The molecule has 0 unspecified atom stereocenters. The number of aliphatic imine (C=N–C) groups is 1. The Morgan fingerprint density at radius 3 is 2.83 bits per heavy atom. The Bertz CT molecular complexity index is 418. The second-order valence-electron chi connectivity index (χ2n) is 3.97. The zero-order valence-corrected chi connectivity index (χ0v) is 13.5. The molecule has 0 saturated heterocycles. The standard InChI is InChI=1S/C13H18ClN3.HI/c1-10(2)9-17-13(15)16-7-6-11-4-3-5-12(14)8-11;/h3-5,8H,1,6-7,9H2,2H3,(H3,15,16,17);1H. The minimum atomic E-state index is 0. The van der Waals surface area contributed by atoms with Crippen LogP contribution in [0.25, 0.3) is 0 Å². The van der Waals surface area contributed by atoms with Crippen molar-refractivity contribution in [2.75, 3.05) is 13.1 Å². The summed E-state index contributed by atoms with van der Waals surface area (Å²) in [6.07, 6.45) is 0.865. The van der Waals surface area contributed by atoms with E-state index in [-0.39, 0.29) is 24.0 Å². The summed E-state index contributed by atoms with van der Waals surface area (Å²) in [7, 11) is 0. The molecule has 0 bridgehead atoms. The molecule has 5 heteroatoms. The molecule has 0 aliphatic carbocycles. The topological polar surface area (TPSA) is 50.4 Å². The van der Waals surface area contributed by atoms with Gasteiger partial charge in [0.25, 0.3) is 0 Å². The third kappa shape index (κ3) is 7.55. The van der Waals surface area contributed by atoms with Gasteiger partial charge in [0.05, 0.1) is 6.54 Å². The molecule has 0 saturated carbocycles. The summed E-state index contributed by atoms with van der Waals surface area (Å²) in [6, 6.07) is 7.79. The normalized spacial score (nSPS) is 10.7. The van der Waals surface area contributed by atoms with E-state index in [0.29, 0.717) is 12.5 Å². The van der Waals surface area contributed by atoms with Gasteiger partial charge < -0.3 is 11.1 Å². The number of nitrogens with zero attached hydrogens (tertiary/aromatic N) is 1. The number of hydrogen-bond donors (Lipinski definition) is 2. The summed E-state index contributed by atoms with van der Waals surface area (Å²) >= 11 is 5.89. The number of hydrogen-bond acceptors (Lipinski definition) is 1. The zero-order valence-electron chi connectivity index (χ0n) is 10.4. The van der Waals surface area contributed by atoms with Crippen LogP contribution in [-0.4, -0.2) is 19.0 Å². The molecule has 1 aromatic rings. The van der Waals surface area contributed by atoms with Crippen LogP contribution >= 0.6 is 35.6 Å². The Morgan fingerprint density at radius 1 is 1.50 bits per heavy atom. The third-order valence-electron chi connectivity index (χ3n) is 2.13. The molecular formula is C13H19ClIN3. The molecule has 0 aliphatic heterocycles. The molecule has 1 rings (SSSR count). The highest BCUT2D eigenvalue weighted by Gasteiger charge is 1.95. The summed E-state index contributed by atoms with van der Waals surface area (Å²) in [5, 5.41) is 3.81. The zero-order chi connectivity index (χ0) is 12.7. The van der Waals surface area contributed by atoms with Crippen LogP contribution in [0.1, 0.15) is 12.5 Å². The highest BCUT2D eigenvalue weighted by atomic mass is 127. The second-order valence-corrected chi connectivity index (χ2v) is 4.40. The van der Waals surface area contributed by atoms with Gasteiger partial charge in [-0.1, -0.05) is 35.9 Å². The second kappa shape index (κ2) is 9.22. The van der Waals surface area contributed by atoms with E-state index in [0.717, 1.165) is 23.6 Å². The van der Waals surface area contributed by atoms with Crippen LogP contribution in [0.2, 0.25) is 5.02 Å². The molecule has 0 aromatic heterocycles. The van der Waals surface area contributed by atoms with E-state index in [1.807, 2.05) is 31.2 Å². The van der Waals surface area contributed by atoms with Crippen molar-refractivity contribution in [1.82, 2.24) is 5.32 Å². The average molecular weight is 380 g/mol. The minimum Gasteiger partial charge on any atom is -0.370 e. The van der Waals surface area contributed by atoms with Gasteiger partial charge in [0.1, 0.15) is 0 Å². The van der Waals surface area contributed by atoms with Gasteiger partial charge >= 0.3 is 0 Å². The van der Waals surface area contributed by atoms with E-state index < -0.39 is 0 Å². The van der Waals surface area contributed by atoms with Crippen molar-refractivity contribution in [1.29, 1.82) is 0 Å². The highest BCUT2D eigenvalue weighted by Crippen LogP contribution is 2.10. The molecule has 1 aromatic carbocycles. The van der Waals surface area contributed by atoms with Gasteiger partial charge in [-0.15, -0.1) is 24.0 Å². The van der Waals surface area contributed by atoms with Crippen molar-refractivity contribution < 1.29 is 0 Å². The first-order valence-corrected chi connectivity index (χ1v) is 5.88. The maximum atomic E-state index is 5.89. The predicted octanol–water partition coefficient (Wildman–Crippen LogP) is 2.98. The van der Waals surface area contributed by atoms with E-state index in [1.165, 1.54) is 5.56 Å². The average Bonchev–Trinajstić information content (AvgIpc) is 2.26. The van der Waals surface area contributed by atoms with Gasteiger partial charge in [0, 0.05) is 11.6 Å². The summed E-state index contributed by atoms with van der Waals surface area (Å²) in [6.45, 7) is 6.99. The van der Waals surface area contributed by atoms with Crippen LogP contribution in [0, 0.1) is 0 Å². The van der Waals surface area contributed by atoms with Gasteiger partial charge in [-0.3, -0.25) is 0 Å². The molecule has 0 spiro atoms. The molecule has 0 fully saturated rings. The summed E-state index contributed by atoms with van der Waals surface area (Å²) < 4.78 is 0. The van der Waals surface area contributed by atoms with Crippen molar-refractivity contribution in [3.63, 3.8) is 0 Å². The number of guanidine groups is 1. The summed E-state index contributed by atoms with van der Waals surface area (Å²) in [5.41, 5.74) is 7.86. The Balaban J connectivity index is 0.00000289. The van der Waals surface area contributed by atoms with E-state index in [1.54, 1.807) is 0 Å². The molecule has 0 heterocycles. The molecule has 18 heavy (non-hydrogen) atoms. The molecule has 100 valence electrons. The molecule has 3 nitrogen and oxygen atoms in total. The number of nitrogens with one attached hydrogen (secondary N) is 1. The quantitative estimate of drug-likeness (QED) is 0.358. The fraction of sp³-hybridized carbons (Fsp3) is 0.308. The number of benzene rings is 1. The molecular weight excluding hydrogens is 361 g/mol. The van der Waals surface area contributed by atoms with Crippen LogP contribution in [0.3, 0.4) is 0 Å². The van der Waals surface area contributed by atoms with Crippen LogP contribution in [-0.2, 0) is 6.42 Å². The Morgan fingerprint density at radius 2 is 2.22 bits per heavy atom. The lowest BCUT2D eigenvalue weighted by Crippen LogP contribution is -2.33. The number of nitrogens with two attached hydrogens (primary N) is 1. The van der Waals surface area contributed by atoms with Crippen molar-refractivity contribution in [2.24, 2.45) is 10.7 Å². The minimum absolute atomic E-state index is 0. The van der Waals surface area contributed by atoms with E-state index in [2.05, 4.69) is 16.9 Å². The monoisotopic (exact) mass is 379 g/mol. The SMILES string of the molecule is C=C(C)CN=C(N)NCCc1cccc(Cl)c1.I. The first kappa shape index (κ1) is 17.2. The molecule has 0 radical (unpaired) electrons. The van der Waals surface area contributed by atoms with Gasteiger partial charge in [0.2, 0.25) is 0 Å². The van der Waals surface area contributed by atoms with Gasteiger partial charge in [-0.25, -0.2) is 4.99 Å². The smallest absolute Gasteiger partial charge is 0.188 e.